The molecule has 1 saturated heterocycles. The number of carbonyl (C=O) groups is 1. The fourth-order valence-electron chi connectivity index (χ4n) is 3.21. The molecule has 1 aliphatic heterocycles. The minimum atomic E-state index is -0.293. The van der Waals surface area contributed by atoms with Crippen molar-refractivity contribution in [1.29, 1.82) is 0 Å². The van der Waals surface area contributed by atoms with Gasteiger partial charge in [-0.1, -0.05) is 61.2 Å². The molecule has 4 rings (SSSR count). The number of thioether (sulfide) groups is 1. The highest BCUT2D eigenvalue weighted by Crippen LogP contribution is 2.32. The highest BCUT2D eigenvalue weighted by molar-refractivity contribution is 8.05. The molecule has 1 heterocycles. The molecular weight excluding hydrogens is 411 g/mol. The van der Waals surface area contributed by atoms with Gasteiger partial charge in [-0.25, -0.2) is 4.39 Å². The Hall–Kier alpha value is -3.25. The number of ether oxygens (including phenoxy) is 1. The highest BCUT2D eigenvalue weighted by atomic mass is 32.2. The molecule has 0 spiro atoms. The van der Waals surface area contributed by atoms with Gasteiger partial charge >= 0.3 is 0 Å². The molecule has 3 aromatic rings. The number of rotatable bonds is 7. The molecule has 0 unspecified atom stereocenters. The lowest BCUT2D eigenvalue weighted by atomic mass is 10.1. The van der Waals surface area contributed by atoms with Gasteiger partial charge in [-0.05, 0) is 54.0 Å². The van der Waals surface area contributed by atoms with Crippen molar-refractivity contribution < 1.29 is 13.9 Å². The highest BCUT2D eigenvalue weighted by Gasteiger charge is 2.27. The van der Waals surface area contributed by atoms with Crippen LogP contribution in [0.25, 0.3) is 6.08 Å². The summed E-state index contributed by atoms with van der Waals surface area (Å²) in [7, 11) is 0. The van der Waals surface area contributed by atoms with Gasteiger partial charge in [0, 0.05) is 11.3 Å². The third kappa shape index (κ3) is 5.47. The van der Waals surface area contributed by atoms with Crippen LogP contribution in [-0.4, -0.2) is 11.4 Å². The first-order valence-corrected chi connectivity index (χ1v) is 11.0. The summed E-state index contributed by atoms with van der Waals surface area (Å²) < 4.78 is 19.3. The zero-order valence-corrected chi connectivity index (χ0v) is 17.9. The van der Waals surface area contributed by atoms with E-state index in [1.54, 1.807) is 6.07 Å². The molecule has 0 radical (unpaired) electrons. The Morgan fingerprint density at radius 2 is 1.87 bits per heavy atom. The molecule has 0 aromatic heterocycles. The normalized spacial score (nSPS) is 16.9. The maximum Gasteiger partial charge on any atom is 0.260 e. The smallest absolute Gasteiger partial charge is 0.260 e. The summed E-state index contributed by atoms with van der Waals surface area (Å²) in [5.74, 6) is 0.213. The maximum atomic E-state index is 13.4. The van der Waals surface area contributed by atoms with Crippen LogP contribution in [0.4, 0.5) is 10.1 Å². The molecule has 6 heteroatoms. The molecule has 158 valence electrons. The summed E-state index contributed by atoms with van der Waals surface area (Å²) in [6.45, 7) is 2.36. The number of hydrogen-bond acceptors (Lipinski definition) is 4. The first kappa shape index (κ1) is 21.0. The molecule has 4 nitrogen and oxygen atoms in total. The van der Waals surface area contributed by atoms with Gasteiger partial charge in [0.2, 0.25) is 0 Å². The van der Waals surface area contributed by atoms with Crippen molar-refractivity contribution in [2.45, 2.75) is 25.4 Å². The van der Waals surface area contributed by atoms with Gasteiger partial charge in [0.1, 0.15) is 18.2 Å². The molecule has 1 atom stereocenters. The first-order valence-electron chi connectivity index (χ1n) is 10.1. The lowest BCUT2D eigenvalue weighted by Crippen LogP contribution is -2.30. The fourth-order valence-corrected chi connectivity index (χ4v) is 4.19. The van der Waals surface area contributed by atoms with Crippen molar-refractivity contribution in [2.24, 2.45) is 0 Å². The molecule has 1 amide bonds. The van der Waals surface area contributed by atoms with E-state index in [1.807, 2.05) is 48.5 Å². The van der Waals surface area contributed by atoms with Crippen LogP contribution in [0.1, 0.15) is 23.6 Å². The van der Waals surface area contributed by atoms with Gasteiger partial charge < -0.3 is 15.4 Å². The summed E-state index contributed by atoms with van der Waals surface area (Å²) in [6.07, 6.45) is 2.81. The summed E-state index contributed by atoms with van der Waals surface area (Å²) in [4.78, 5) is 13.1. The van der Waals surface area contributed by atoms with E-state index >= 15 is 0 Å². The summed E-state index contributed by atoms with van der Waals surface area (Å²) in [5, 5.41) is 6.28. The minimum absolute atomic E-state index is 0.132. The third-order valence-corrected chi connectivity index (χ3v) is 5.91. The minimum Gasteiger partial charge on any atom is -0.488 e. The van der Waals surface area contributed by atoms with Crippen molar-refractivity contribution in [1.82, 2.24) is 5.32 Å². The molecule has 31 heavy (non-hydrogen) atoms. The SMILES string of the molecule is CCc1ccc(N[C@@H]2NC(=O)/C(=C/c3ccccc3OCc3cccc(F)c3)S2)cc1. The van der Waals surface area contributed by atoms with Crippen molar-refractivity contribution in [3.63, 3.8) is 0 Å². The van der Waals surface area contributed by atoms with Crippen LogP contribution >= 0.6 is 11.8 Å². The number of amides is 1. The van der Waals surface area contributed by atoms with Gasteiger partial charge in [0.25, 0.3) is 5.91 Å². The number of hydrogen-bond donors (Lipinski definition) is 2. The zero-order chi connectivity index (χ0) is 21.6. The van der Waals surface area contributed by atoms with E-state index in [9.17, 15) is 9.18 Å². The van der Waals surface area contributed by atoms with Crippen LogP contribution in [-0.2, 0) is 17.8 Å². The molecule has 0 aliphatic carbocycles. The van der Waals surface area contributed by atoms with Crippen molar-refractivity contribution in [2.75, 3.05) is 5.32 Å². The topological polar surface area (TPSA) is 50.4 Å². The van der Waals surface area contributed by atoms with Crippen LogP contribution in [0, 0.1) is 5.82 Å². The number of nitrogens with one attached hydrogen (secondary N) is 2. The van der Waals surface area contributed by atoms with E-state index in [2.05, 4.69) is 29.7 Å². The predicted octanol–water partition coefficient (Wildman–Crippen LogP) is 5.57. The van der Waals surface area contributed by atoms with Crippen LogP contribution in [0.2, 0.25) is 0 Å². The Morgan fingerprint density at radius 1 is 1.06 bits per heavy atom. The molecule has 0 saturated carbocycles. The van der Waals surface area contributed by atoms with E-state index in [4.69, 9.17) is 4.74 Å². The van der Waals surface area contributed by atoms with E-state index in [1.165, 1.54) is 29.5 Å². The lowest BCUT2D eigenvalue weighted by molar-refractivity contribution is -0.116. The second-order valence-electron chi connectivity index (χ2n) is 7.13. The number of halogens is 1. The molecule has 1 fully saturated rings. The third-order valence-electron chi connectivity index (χ3n) is 4.88. The van der Waals surface area contributed by atoms with E-state index in [-0.39, 0.29) is 23.8 Å². The van der Waals surface area contributed by atoms with Crippen LogP contribution in [0.3, 0.4) is 0 Å². The first-order chi connectivity index (χ1) is 15.1. The van der Waals surface area contributed by atoms with Gasteiger partial charge in [0.15, 0.2) is 5.50 Å². The van der Waals surface area contributed by atoms with Gasteiger partial charge in [-0.15, -0.1) is 0 Å². The average Bonchev–Trinajstić information content (AvgIpc) is 3.12. The Bertz CT molecular complexity index is 1100. The predicted molar refractivity (Wildman–Crippen MR) is 124 cm³/mol. The molecule has 0 bridgehead atoms. The van der Waals surface area contributed by atoms with Gasteiger partial charge in [-0.3, -0.25) is 4.79 Å². The Balaban J connectivity index is 1.44. The quantitative estimate of drug-likeness (QED) is 0.478. The Morgan fingerprint density at radius 3 is 2.65 bits per heavy atom. The van der Waals surface area contributed by atoms with Crippen LogP contribution in [0.15, 0.2) is 77.7 Å². The Labute approximate surface area is 185 Å². The zero-order valence-electron chi connectivity index (χ0n) is 17.1. The van der Waals surface area contributed by atoms with Crippen molar-refractivity contribution in [3.05, 3.63) is 100 Å². The van der Waals surface area contributed by atoms with Crippen molar-refractivity contribution in [3.8, 4) is 5.75 Å². The van der Waals surface area contributed by atoms with Crippen molar-refractivity contribution >= 4 is 29.4 Å². The number of anilines is 1. The van der Waals surface area contributed by atoms with Crippen LogP contribution < -0.4 is 15.4 Å². The Kier molecular flexibility index (Phi) is 6.57. The number of carbonyl (C=O) groups excluding carboxylic acids is 1. The fraction of sp³-hybridized carbons (Fsp3) is 0.160. The van der Waals surface area contributed by atoms with Crippen LogP contribution in [0.5, 0.6) is 5.75 Å². The van der Waals surface area contributed by atoms with Gasteiger partial charge in [0.05, 0.1) is 4.91 Å². The standard InChI is InChI=1S/C25H23FN2O2S/c1-2-17-10-12-21(13-11-17)27-25-28-24(29)23(31-25)15-19-7-3-4-9-22(19)30-16-18-6-5-8-20(26)14-18/h3-15,25,27H,2,16H2,1H3,(H,28,29)/b23-15-/t25-/m1/s1. The van der Waals surface area contributed by atoms with E-state index in [0.29, 0.717) is 10.7 Å². The van der Waals surface area contributed by atoms with E-state index < -0.39 is 0 Å². The summed E-state index contributed by atoms with van der Waals surface area (Å²) in [5.41, 5.74) is 3.52. The second kappa shape index (κ2) is 9.71. The summed E-state index contributed by atoms with van der Waals surface area (Å²) in [6, 6.07) is 22.0. The maximum absolute atomic E-state index is 13.4. The lowest BCUT2D eigenvalue weighted by Gasteiger charge is -2.13. The number of benzene rings is 3. The largest absolute Gasteiger partial charge is 0.488 e. The molecule has 2 N–H and O–H groups in total. The van der Waals surface area contributed by atoms with Gasteiger partial charge in [-0.2, -0.15) is 0 Å². The molecule has 1 aliphatic rings. The average molecular weight is 435 g/mol. The molecular formula is C25H23FN2O2S. The number of aryl methyl sites for hydroxylation is 1. The van der Waals surface area contributed by atoms with E-state index in [0.717, 1.165) is 23.2 Å². The monoisotopic (exact) mass is 434 g/mol. The number of para-hydroxylation sites is 1. The second-order valence-corrected chi connectivity index (χ2v) is 8.28. The summed E-state index contributed by atoms with van der Waals surface area (Å²) >= 11 is 1.43. The molecule has 3 aromatic carbocycles.